The minimum atomic E-state index is -0.573. The van der Waals surface area contributed by atoms with Crippen molar-refractivity contribution in [3.63, 3.8) is 0 Å². The average molecular weight is 349 g/mol. The van der Waals surface area contributed by atoms with Gasteiger partial charge in [-0.05, 0) is 24.5 Å². The van der Waals surface area contributed by atoms with Crippen molar-refractivity contribution in [3.05, 3.63) is 83.4 Å². The van der Waals surface area contributed by atoms with Crippen LogP contribution in [0, 0.1) is 0 Å². The number of benzene rings is 2. The van der Waals surface area contributed by atoms with Gasteiger partial charge in [-0.1, -0.05) is 79.2 Å². The van der Waals surface area contributed by atoms with E-state index in [1.54, 1.807) is 0 Å². The SMILES string of the molecule is CC=C(CC)C(C(=O)N1C(=O)OC[C@H]1c1ccccc1)c1ccccc1. The molecule has 0 aromatic heterocycles. The number of rotatable bonds is 5. The second-order valence-electron chi connectivity index (χ2n) is 6.27. The number of cyclic esters (lactones) is 1. The number of carbonyl (C=O) groups is 2. The van der Waals surface area contributed by atoms with Gasteiger partial charge in [0, 0.05) is 0 Å². The van der Waals surface area contributed by atoms with Crippen LogP contribution in [0.4, 0.5) is 4.79 Å². The molecular formula is C22H23NO3. The molecule has 2 amide bonds. The van der Waals surface area contributed by atoms with Gasteiger partial charge in [-0.15, -0.1) is 0 Å². The lowest BCUT2D eigenvalue weighted by molar-refractivity contribution is -0.130. The standard InChI is InChI=1S/C22H23NO3/c1-3-16(4-2)20(18-13-9-6-10-14-18)21(24)23-19(15-26-22(23)25)17-11-7-5-8-12-17/h3,5-14,19-20H,4,15H2,1-2H3/t19-,20?/m0/s1. The Balaban J connectivity index is 2.01. The molecule has 0 saturated carbocycles. The summed E-state index contributed by atoms with van der Waals surface area (Å²) < 4.78 is 5.23. The normalized spacial score (nSPS) is 18.5. The van der Waals surface area contributed by atoms with Crippen LogP contribution in [-0.2, 0) is 9.53 Å². The Morgan fingerprint density at radius 3 is 2.35 bits per heavy atom. The third kappa shape index (κ3) is 3.40. The Bertz CT molecular complexity index is 799. The van der Waals surface area contributed by atoms with E-state index >= 15 is 0 Å². The van der Waals surface area contributed by atoms with Gasteiger partial charge in [0.25, 0.3) is 0 Å². The first kappa shape index (κ1) is 17.9. The first-order valence-corrected chi connectivity index (χ1v) is 8.92. The van der Waals surface area contributed by atoms with Crippen LogP contribution in [0.5, 0.6) is 0 Å². The van der Waals surface area contributed by atoms with Gasteiger partial charge in [0.15, 0.2) is 0 Å². The molecule has 1 aliphatic heterocycles. The second-order valence-corrected chi connectivity index (χ2v) is 6.27. The number of amides is 2. The molecule has 4 nitrogen and oxygen atoms in total. The van der Waals surface area contributed by atoms with Gasteiger partial charge in [0.05, 0.1) is 5.92 Å². The van der Waals surface area contributed by atoms with Crippen molar-refractivity contribution < 1.29 is 14.3 Å². The molecular weight excluding hydrogens is 326 g/mol. The fourth-order valence-electron chi connectivity index (χ4n) is 3.46. The maximum absolute atomic E-state index is 13.5. The van der Waals surface area contributed by atoms with Crippen LogP contribution < -0.4 is 0 Å². The molecule has 1 heterocycles. The van der Waals surface area contributed by atoms with Crippen molar-refractivity contribution in [1.82, 2.24) is 4.90 Å². The minimum Gasteiger partial charge on any atom is -0.446 e. The lowest BCUT2D eigenvalue weighted by Crippen LogP contribution is -2.38. The zero-order chi connectivity index (χ0) is 18.5. The molecule has 0 spiro atoms. The number of nitrogens with zero attached hydrogens (tertiary/aromatic N) is 1. The molecule has 0 radical (unpaired) electrons. The van der Waals surface area contributed by atoms with Crippen molar-refractivity contribution >= 4 is 12.0 Å². The van der Waals surface area contributed by atoms with E-state index in [-0.39, 0.29) is 12.5 Å². The molecule has 0 bridgehead atoms. The zero-order valence-corrected chi connectivity index (χ0v) is 15.1. The van der Waals surface area contributed by atoms with Crippen molar-refractivity contribution in [2.75, 3.05) is 6.61 Å². The van der Waals surface area contributed by atoms with Gasteiger partial charge in [-0.3, -0.25) is 4.79 Å². The van der Waals surface area contributed by atoms with Gasteiger partial charge in [0.1, 0.15) is 12.6 Å². The Hall–Kier alpha value is -2.88. The van der Waals surface area contributed by atoms with Gasteiger partial charge in [-0.25, -0.2) is 9.69 Å². The average Bonchev–Trinajstić information content (AvgIpc) is 3.08. The van der Waals surface area contributed by atoms with E-state index in [0.717, 1.165) is 23.1 Å². The van der Waals surface area contributed by atoms with Crippen molar-refractivity contribution in [1.29, 1.82) is 0 Å². The highest BCUT2D eigenvalue weighted by atomic mass is 16.6. The largest absolute Gasteiger partial charge is 0.446 e. The van der Waals surface area contributed by atoms with E-state index in [2.05, 4.69) is 0 Å². The number of ether oxygens (including phenoxy) is 1. The Labute approximate surface area is 154 Å². The van der Waals surface area contributed by atoms with E-state index in [1.165, 1.54) is 4.90 Å². The van der Waals surface area contributed by atoms with Gasteiger partial charge >= 0.3 is 6.09 Å². The molecule has 2 atom stereocenters. The summed E-state index contributed by atoms with van der Waals surface area (Å²) in [5, 5.41) is 0. The molecule has 2 aromatic rings. The minimum absolute atomic E-state index is 0.188. The van der Waals surface area contributed by atoms with Crippen LogP contribution in [0.2, 0.25) is 0 Å². The smallest absolute Gasteiger partial charge is 0.417 e. The van der Waals surface area contributed by atoms with Gasteiger partial charge in [0.2, 0.25) is 5.91 Å². The molecule has 1 saturated heterocycles. The van der Waals surface area contributed by atoms with E-state index < -0.39 is 18.1 Å². The van der Waals surface area contributed by atoms with E-state index in [0.29, 0.717) is 0 Å². The van der Waals surface area contributed by atoms with Gasteiger partial charge < -0.3 is 4.74 Å². The molecule has 1 aliphatic rings. The van der Waals surface area contributed by atoms with Crippen molar-refractivity contribution in [3.8, 4) is 0 Å². The number of imide groups is 1. The van der Waals surface area contributed by atoms with Crippen LogP contribution in [0.15, 0.2) is 72.3 Å². The molecule has 2 aromatic carbocycles. The van der Waals surface area contributed by atoms with Gasteiger partial charge in [-0.2, -0.15) is 0 Å². The van der Waals surface area contributed by atoms with E-state index in [4.69, 9.17) is 4.74 Å². The molecule has 26 heavy (non-hydrogen) atoms. The molecule has 0 aliphatic carbocycles. The Kier molecular flexibility index (Phi) is 5.52. The monoisotopic (exact) mass is 349 g/mol. The zero-order valence-electron chi connectivity index (χ0n) is 15.1. The topological polar surface area (TPSA) is 46.6 Å². The third-order valence-electron chi connectivity index (χ3n) is 4.82. The van der Waals surface area contributed by atoms with E-state index in [1.807, 2.05) is 80.6 Å². The summed E-state index contributed by atoms with van der Waals surface area (Å²) in [4.78, 5) is 27.2. The predicted molar refractivity (Wildman–Crippen MR) is 101 cm³/mol. The van der Waals surface area contributed by atoms with Crippen LogP contribution in [-0.4, -0.2) is 23.5 Å². The van der Waals surface area contributed by atoms with Crippen LogP contribution >= 0.6 is 0 Å². The highest BCUT2D eigenvalue weighted by molar-refractivity contribution is 5.99. The Morgan fingerprint density at radius 2 is 1.77 bits per heavy atom. The second kappa shape index (κ2) is 8.00. The van der Waals surface area contributed by atoms with Crippen LogP contribution in [0.25, 0.3) is 0 Å². The highest BCUT2D eigenvalue weighted by Gasteiger charge is 2.42. The summed E-state index contributed by atoms with van der Waals surface area (Å²) in [7, 11) is 0. The number of carbonyl (C=O) groups excluding carboxylic acids is 2. The lowest BCUT2D eigenvalue weighted by atomic mass is 9.87. The first-order chi connectivity index (χ1) is 12.7. The number of hydrogen-bond acceptors (Lipinski definition) is 3. The fraction of sp³-hybridized carbons (Fsp3) is 0.273. The summed E-state index contributed by atoms with van der Waals surface area (Å²) in [6.07, 6.45) is 2.13. The molecule has 0 N–H and O–H groups in total. The highest BCUT2D eigenvalue weighted by Crippen LogP contribution is 2.35. The molecule has 3 rings (SSSR count). The maximum Gasteiger partial charge on any atom is 0.417 e. The van der Waals surface area contributed by atoms with Crippen molar-refractivity contribution in [2.45, 2.75) is 32.2 Å². The summed E-state index contributed by atoms with van der Waals surface area (Å²) in [6.45, 7) is 4.14. The Morgan fingerprint density at radius 1 is 1.15 bits per heavy atom. The number of hydrogen-bond donors (Lipinski definition) is 0. The summed E-state index contributed by atoms with van der Waals surface area (Å²) in [5.41, 5.74) is 2.78. The summed E-state index contributed by atoms with van der Waals surface area (Å²) in [5.74, 6) is -0.717. The van der Waals surface area contributed by atoms with Crippen molar-refractivity contribution in [2.24, 2.45) is 0 Å². The molecule has 1 unspecified atom stereocenters. The maximum atomic E-state index is 13.5. The van der Waals surface area contributed by atoms with E-state index in [9.17, 15) is 9.59 Å². The lowest BCUT2D eigenvalue weighted by Gasteiger charge is -2.27. The van der Waals surface area contributed by atoms with Crippen LogP contribution in [0.3, 0.4) is 0 Å². The fourth-order valence-corrected chi connectivity index (χ4v) is 3.46. The number of allylic oxidation sites excluding steroid dienone is 1. The first-order valence-electron chi connectivity index (χ1n) is 8.92. The molecule has 134 valence electrons. The summed E-state index contributed by atoms with van der Waals surface area (Å²) >= 11 is 0. The predicted octanol–water partition coefficient (Wildman–Crippen LogP) is 4.85. The third-order valence-corrected chi connectivity index (χ3v) is 4.82. The molecule has 1 fully saturated rings. The van der Waals surface area contributed by atoms with Crippen LogP contribution in [0.1, 0.15) is 43.4 Å². The summed E-state index contributed by atoms with van der Waals surface area (Å²) in [6, 6.07) is 18.8. The molecule has 4 heteroatoms. The quantitative estimate of drug-likeness (QED) is 0.725.